The summed E-state index contributed by atoms with van der Waals surface area (Å²) in [4.78, 5) is 34.8. The number of aliphatic hydroxyl groups excluding tert-OH is 1. The second-order valence-electron chi connectivity index (χ2n) is 6.28. The van der Waals surface area contributed by atoms with E-state index in [0.29, 0.717) is 0 Å². The number of aliphatic hydroxyl groups is 1. The van der Waals surface area contributed by atoms with Gasteiger partial charge in [-0.05, 0) is 25.1 Å². The van der Waals surface area contributed by atoms with Gasteiger partial charge in [0.15, 0.2) is 6.04 Å². The predicted molar refractivity (Wildman–Crippen MR) is 86.8 cm³/mol. The highest BCUT2D eigenvalue weighted by atomic mass is 19.1. The minimum Gasteiger partial charge on any atom is -0.396 e. The second-order valence-corrected chi connectivity index (χ2v) is 6.28. The van der Waals surface area contributed by atoms with Crippen LogP contribution in [0, 0.1) is 16.1 Å². The van der Waals surface area contributed by atoms with Gasteiger partial charge in [0, 0.05) is 23.6 Å². The van der Waals surface area contributed by atoms with Crippen molar-refractivity contribution in [1.29, 1.82) is 0 Å². The predicted octanol–water partition coefficient (Wildman–Crippen LogP) is 1.21. The fourth-order valence-corrected chi connectivity index (χ4v) is 1.97. The third kappa shape index (κ3) is 5.38. The van der Waals surface area contributed by atoms with Crippen molar-refractivity contribution in [2.24, 2.45) is 10.6 Å². The number of halogens is 1. The summed E-state index contributed by atoms with van der Waals surface area (Å²) in [6, 6.07) is 3.54. The Kier molecular flexibility index (Phi) is 6.97. The number of carbonyl (C=O) groups is 2. The van der Waals surface area contributed by atoms with Gasteiger partial charge in [0.25, 0.3) is 5.91 Å². The molecule has 132 valence electrons. The third-order valence-corrected chi connectivity index (χ3v) is 3.55. The molecule has 0 radical (unpaired) electrons. The van der Waals surface area contributed by atoms with Crippen LogP contribution in [0.3, 0.4) is 0 Å². The average molecular weight is 339 g/mol. The molecule has 2 atom stereocenters. The summed E-state index contributed by atoms with van der Waals surface area (Å²) in [5, 5.41) is 17.1. The highest BCUT2D eigenvalue weighted by Crippen LogP contribution is 2.22. The molecule has 7 nitrogen and oxygen atoms in total. The van der Waals surface area contributed by atoms with Gasteiger partial charge in [-0.1, -0.05) is 25.1 Å². The molecule has 0 aromatic heterocycles. The Bertz CT molecular complexity index is 607. The van der Waals surface area contributed by atoms with E-state index >= 15 is 0 Å². The Morgan fingerprint density at radius 2 is 2.04 bits per heavy atom. The molecule has 0 fully saturated rings. The smallest absolute Gasteiger partial charge is 0.251 e. The fraction of sp³-hybridized carbons (Fsp3) is 0.500. The average Bonchev–Trinajstić information content (AvgIpc) is 2.53. The molecule has 0 saturated carbocycles. The molecule has 1 rings (SSSR count). The van der Waals surface area contributed by atoms with Crippen molar-refractivity contribution in [1.82, 2.24) is 10.6 Å². The highest BCUT2D eigenvalue weighted by Gasteiger charge is 2.36. The van der Waals surface area contributed by atoms with E-state index in [1.807, 2.05) is 0 Å². The molecular formula is C16H22FN3O4. The van der Waals surface area contributed by atoms with E-state index in [1.165, 1.54) is 18.2 Å². The molecule has 8 heteroatoms. The number of carbonyl (C=O) groups excluding carboxylic acids is 2. The quantitative estimate of drug-likeness (QED) is 0.619. The van der Waals surface area contributed by atoms with Crippen LogP contribution in [0.5, 0.6) is 0 Å². The lowest BCUT2D eigenvalue weighted by Crippen LogP contribution is -2.48. The van der Waals surface area contributed by atoms with Gasteiger partial charge < -0.3 is 15.7 Å². The van der Waals surface area contributed by atoms with Gasteiger partial charge >= 0.3 is 0 Å². The van der Waals surface area contributed by atoms with Gasteiger partial charge in [-0.25, -0.2) is 4.39 Å². The van der Waals surface area contributed by atoms with Crippen molar-refractivity contribution < 1.29 is 19.1 Å². The number of nitrogens with one attached hydrogen (secondary N) is 2. The number of benzene rings is 1. The molecule has 0 aliphatic rings. The maximum Gasteiger partial charge on any atom is 0.251 e. The summed E-state index contributed by atoms with van der Waals surface area (Å²) in [5.41, 5.74) is -0.818. The minimum absolute atomic E-state index is 0.0629. The number of nitroso groups, excluding NO2 is 1. The number of rotatable bonds is 8. The number of amides is 2. The summed E-state index contributed by atoms with van der Waals surface area (Å²) >= 11 is 0. The molecule has 0 bridgehead atoms. The number of hydrogen-bond donors (Lipinski definition) is 3. The lowest BCUT2D eigenvalue weighted by molar-refractivity contribution is -0.125. The Morgan fingerprint density at radius 1 is 1.38 bits per heavy atom. The summed E-state index contributed by atoms with van der Waals surface area (Å²) in [6.45, 7) is 4.44. The number of hydrogen-bond acceptors (Lipinski definition) is 5. The molecule has 3 N–H and O–H groups in total. The van der Waals surface area contributed by atoms with Gasteiger partial charge in [-0.3, -0.25) is 9.59 Å². The molecule has 2 amide bonds. The van der Waals surface area contributed by atoms with Crippen LogP contribution in [0.15, 0.2) is 29.4 Å². The molecule has 24 heavy (non-hydrogen) atoms. The summed E-state index contributed by atoms with van der Waals surface area (Å²) < 4.78 is 13.1. The first-order chi connectivity index (χ1) is 11.2. The Hall–Kier alpha value is -2.35. The minimum atomic E-state index is -1.24. The van der Waals surface area contributed by atoms with E-state index in [0.717, 1.165) is 6.07 Å². The van der Waals surface area contributed by atoms with Crippen LogP contribution in [0.1, 0.15) is 31.1 Å². The normalized spacial score (nSPS) is 13.7. The summed E-state index contributed by atoms with van der Waals surface area (Å²) in [5.74, 6) is -1.62. The maximum absolute atomic E-state index is 13.1. The Labute approximate surface area is 139 Å². The van der Waals surface area contributed by atoms with Crippen molar-refractivity contribution in [3.05, 3.63) is 40.6 Å². The van der Waals surface area contributed by atoms with Crippen molar-refractivity contribution in [2.45, 2.75) is 32.9 Å². The van der Waals surface area contributed by atoms with Crippen LogP contribution in [0.25, 0.3) is 0 Å². The number of nitrogens with zero attached hydrogens (tertiary/aromatic N) is 1. The summed E-state index contributed by atoms with van der Waals surface area (Å²) in [7, 11) is 0. The monoisotopic (exact) mass is 339 g/mol. The lowest BCUT2D eigenvalue weighted by Gasteiger charge is -2.26. The van der Waals surface area contributed by atoms with Gasteiger partial charge in [0.05, 0.1) is 6.61 Å². The second kappa shape index (κ2) is 8.49. The standard InChI is InChI=1S/C16H22FN3O4/c1-10(19-14(22)11-5-4-6-12(17)7-11)8-18-15(23)13(20-24)16(2,3)9-21/h4-7,10,13,21H,8-9H2,1-3H3,(H,18,23)(H,19,22). The Morgan fingerprint density at radius 3 is 2.58 bits per heavy atom. The van der Waals surface area contributed by atoms with Crippen molar-refractivity contribution in [3.63, 3.8) is 0 Å². The molecule has 1 aromatic carbocycles. The zero-order valence-electron chi connectivity index (χ0n) is 13.9. The van der Waals surface area contributed by atoms with Crippen LogP contribution in [-0.4, -0.2) is 42.2 Å². The topological polar surface area (TPSA) is 108 Å². The fourth-order valence-electron chi connectivity index (χ4n) is 1.97. The zero-order chi connectivity index (χ0) is 18.3. The van der Waals surface area contributed by atoms with E-state index in [4.69, 9.17) is 0 Å². The molecule has 2 unspecified atom stereocenters. The zero-order valence-corrected chi connectivity index (χ0v) is 13.9. The van der Waals surface area contributed by atoms with Crippen molar-refractivity contribution in [2.75, 3.05) is 13.2 Å². The molecule has 1 aromatic rings. The van der Waals surface area contributed by atoms with Crippen LogP contribution in [0.2, 0.25) is 0 Å². The SMILES string of the molecule is CC(CNC(=O)C(N=O)C(C)(C)CO)NC(=O)c1cccc(F)c1. The van der Waals surface area contributed by atoms with Crippen LogP contribution >= 0.6 is 0 Å². The van der Waals surface area contributed by atoms with Crippen LogP contribution < -0.4 is 10.6 Å². The maximum atomic E-state index is 13.1. The van der Waals surface area contributed by atoms with Gasteiger partial charge in [-0.2, -0.15) is 0 Å². The van der Waals surface area contributed by atoms with E-state index in [9.17, 15) is 24.0 Å². The summed E-state index contributed by atoms with van der Waals surface area (Å²) in [6.07, 6.45) is 0. The van der Waals surface area contributed by atoms with Gasteiger partial charge in [0.1, 0.15) is 5.82 Å². The van der Waals surface area contributed by atoms with E-state index in [1.54, 1.807) is 20.8 Å². The molecule has 0 aliphatic heterocycles. The Balaban J connectivity index is 2.56. The first kappa shape index (κ1) is 19.7. The third-order valence-electron chi connectivity index (χ3n) is 3.55. The van der Waals surface area contributed by atoms with Crippen molar-refractivity contribution in [3.8, 4) is 0 Å². The van der Waals surface area contributed by atoms with Gasteiger partial charge in [0.2, 0.25) is 5.91 Å². The highest BCUT2D eigenvalue weighted by molar-refractivity contribution is 5.94. The first-order valence-electron chi connectivity index (χ1n) is 7.48. The first-order valence-corrected chi connectivity index (χ1v) is 7.48. The van der Waals surface area contributed by atoms with E-state index < -0.39 is 35.1 Å². The van der Waals surface area contributed by atoms with Gasteiger partial charge in [-0.15, -0.1) is 4.91 Å². The van der Waals surface area contributed by atoms with E-state index in [-0.39, 0.29) is 18.7 Å². The largest absolute Gasteiger partial charge is 0.396 e. The van der Waals surface area contributed by atoms with Crippen LogP contribution in [0.4, 0.5) is 4.39 Å². The van der Waals surface area contributed by atoms with E-state index in [2.05, 4.69) is 15.8 Å². The molecule has 0 saturated heterocycles. The van der Waals surface area contributed by atoms with Crippen molar-refractivity contribution >= 4 is 11.8 Å². The lowest BCUT2D eigenvalue weighted by atomic mass is 9.85. The molecular weight excluding hydrogens is 317 g/mol. The molecule has 0 aliphatic carbocycles. The molecule has 0 heterocycles. The van der Waals surface area contributed by atoms with Crippen LogP contribution in [-0.2, 0) is 4.79 Å². The molecule has 0 spiro atoms.